The first-order valence-electron chi connectivity index (χ1n) is 3.62. The van der Waals surface area contributed by atoms with Crippen molar-refractivity contribution in [3.63, 3.8) is 0 Å². The molecule has 16 heavy (non-hydrogen) atoms. The zero-order chi connectivity index (χ0) is 11.4. The molecule has 1 aromatic carbocycles. The molecule has 0 saturated carbocycles. The topological polar surface area (TPSA) is 113 Å². The van der Waals surface area contributed by atoms with Crippen LogP contribution >= 0.6 is 0 Å². The van der Waals surface area contributed by atoms with Crippen molar-refractivity contribution in [2.24, 2.45) is 0 Å². The third-order valence-corrected chi connectivity index (χ3v) is 1.48. The molecule has 0 atom stereocenters. The number of nitrogens with zero attached hydrogens (tertiary/aromatic N) is 2. The van der Waals surface area contributed by atoms with Gasteiger partial charge in [0.25, 0.3) is 5.69 Å². The van der Waals surface area contributed by atoms with Gasteiger partial charge in [-0.05, 0) is 6.07 Å². The van der Waals surface area contributed by atoms with E-state index in [-0.39, 0.29) is 51.7 Å². The van der Waals surface area contributed by atoms with Crippen LogP contribution in [-0.2, 0) is 4.84 Å². The van der Waals surface area contributed by atoms with Crippen LogP contribution in [0.5, 0.6) is 0 Å². The number of benzene rings is 1. The Balaban J connectivity index is -0.000000750. The number of hydrogen-bond donors (Lipinski definition) is 0. The van der Waals surface area contributed by atoms with Crippen LogP contribution in [0.3, 0.4) is 0 Å². The molecule has 8 nitrogen and oxygen atoms in total. The summed E-state index contributed by atoms with van der Waals surface area (Å²) in [5, 5.41) is 19.0. The molecule has 1 aromatic rings. The van der Waals surface area contributed by atoms with Gasteiger partial charge in [-0.2, -0.15) is 0 Å². The summed E-state index contributed by atoms with van der Waals surface area (Å²) < 4.78 is 0. The van der Waals surface area contributed by atoms with Crippen molar-refractivity contribution in [1.29, 1.82) is 0 Å². The summed E-state index contributed by atoms with van der Waals surface area (Å²) in [6.07, 6.45) is 0. The van der Waals surface area contributed by atoms with E-state index in [1.807, 2.05) is 0 Å². The number of hydrogen-bond acceptors (Lipinski definition) is 6. The van der Waals surface area contributed by atoms with Gasteiger partial charge in [-0.15, -0.1) is 10.1 Å². The van der Waals surface area contributed by atoms with Gasteiger partial charge in [0.1, 0.15) is 5.56 Å². The summed E-state index contributed by atoms with van der Waals surface area (Å²) in [5.74, 6) is -1.37. The van der Waals surface area contributed by atoms with Gasteiger partial charge >= 0.3 is 59.9 Å². The second kappa shape index (κ2) is 6.60. The minimum Gasteiger partial charge on any atom is -1.00 e. The fourth-order valence-electron chi connectivity index (χ4n) is 0.922. The van der Waals surface area contributed by atoms with Gasteiger partial charge in [-0.3, -0.25) is 14.9 Å². The number of rotatable bonds is 3. The van der Waals surface area contributed by atoms with Crippen LogP contribution in [0.25, 0.3) is 0 Å². The summed E-state index contributed by atoms with van der Waals surface area (Å²) in [4.78, 5) is 34.1. The average Bonchev–Trinajstić information content (AvgIpc) is 2.16. The molecule has 0 aromatic heterocycles. The summed E-state index contributed by atoms with van der Waals surface area (Å²) in [7, 11) is 0. The first-order chi connectivity index (χ1) is 7.02. The van der Waals surface area contributed by atoms with Gasteiger partial charge < -0.3 is 2.85 Å². The summed E-state index contributed by atoms with van der Waals surface area (Å²) in [6, 6.07) is 4.80. The van der Waals surface area contributed by atoms with Crippen molar-refractivity contribution < 1.29 is 22.5 Å². The number of carbonyl (C=O) groups is 1. The molecule has 0 amide bonds. The molecule has 0 fully saturated rings. The molecule has 0 unspecified atom stereocenters. The molecular weight excluding hydrogens is 345 g/mol. The van der Waals surface area contributed by atoms with E-state index in [0.717, 1.165) is 12.1 Å². The van der Waals surface area contributed by atoms with E-state index in [0.29, 0.717) is 0 Å². The first kappa shape index (κ1) is 15.1. The molecule has 0 radical (unpaired) electrons. The maximum absolute atomic E-state index is 11.0. The van der Waals surface area contributed by atoms with E-state index in [9.17, 15) is 25.0 Å². The maximum atomic E-state index is 11.0. The van der Waals surface area contributed by atoms with Crippen LogP contribution in [-0.4, -0.2) is 64.9 Å². The Morgan fingerprint density at radius 3 is 2.31 bits per heavy atom. The van der Waals surface area contributed by atoms with Gasteiger partial charge in [0.15, 0.2) is 0 Å². The average molecular weight is 351 g/mol. The van der Waals surface area contributed by atoms with Crippen LogP contribution < -0.4 is 0 Å². The zero-order valence-electron chi connectivity index (χ0n) is 9.86. The fourth-order valence-corrected chi connectivity index (χ4v) is 0.922. The molecule has 0 aliphatic carbocycles. The molecular formula is C7H6BaN2O6. The van der Waals surface area contributed by atoms with Crippen LogP contribution in [0, 0.1) is 20.2 Å². The molecule has 0 N–H and O–H groups in total. The minimum absolute atomic E-state index is 0. The van der Waals surface area contributed by atoms with E-state index in [1.165, 1.54) is 12.1 Å². The molecule has 0 spiro atoms. The molecule has 9 heteroatoms. The number of nitro groups is 1. The Morgan fingerprint density at radius 2 is 1.81 bits per heavy atom. The van der Waals surface area contributed by atoms with Gasteiger partial charge in [-0.1, -0.05) is 12.1 Å². The largest absolute Gasteiger partial charge is 2.00 e. The standard InChI is InChI=1S/C7H4N2O6.Ba.2H/c10-7(15-9(13)14)5-3-1-2-4-6(5)8(11)12;;;/h1-4H;;;/q;+2;2*-1. The molecule has 0 heterocycles. The third-order valence-electron chi connectivity index (χ3n) is 1.48. The van der Waals surface area contributed by atoms with Crippen LogP contribution in [0.2, 0.25) is 0 Å². The second-order valence-corrected chi connectivity index (χ2v) is 2.38. The van der Waals surface area contributed by atoms with E-state index in [4.69, 9.17) is 0 Å². The summed E-state index contributed by atoms with van der Waals surface area (Å²) in [5.41, 5.74) is -0.997. The molecule has 1 rings (SSSR count). The molecule has 82 valence electrons. The van der Waals surface area contributed by atoms with E-state index in [1.54, 1.807) is 0 Å². The van der Waals surface area contributed by atoms with Crippen molar-refractivity contribution in [3.05, 3.63) is 50.1 Å². The Bertz CT molecular complexity index is 444. The number of carbonyl (C=O) groups excluding carboxylic acids is 1. The van der Waals surface area contributed by atoms with E-state index in [2.05, 4.69) is 4.84 Å². The predicted octanol–water partition coefficient (Wildman–Crippen LogP) is 0.787. The van der Waals surface area contributed by atoms with Gasteiger partial charge in [0.05, 0.1) is 4.92 Å². The summed E-state index contributed by atoms with van der Waals surface area (Å²) in [6.45, 7) is 0. The van der Waals surface area contributed by atoms with Crippen LogP contribution in [0.4, 0.5) is 5.69 Å². The summed E-state index contributed by atoms with van der Waals surface area (Å²) >= 11 is 0. The van der Waals surface area contributed by atoms with E-state index < -0.39 is 27.2 Å². The Morgan fingerprint density at radius 1 is 1.25 bits per heavy atom. The minimum atomic E-state index is -1.37. The Kier molecular flexibility index (Phi) is 6.22. The smallest absolute Gasteiger partial charge is 1.00 e. The van der Waals surface area contributed by atoms with Gasteiger partial charge in [-0.25, -0.2) is 4.84 Å². The van der Waals surface area contributed by atoms with Crippen LogP contribution in [0.15, 0.2) is 24.3 Å². The molecule has 0 aliphatic heterocycles. The van der Waals surface area contributed by atoms with Gasteiger partial charge in [0, 0.05) is 6.07 Å². The van der Waals surface area contributed by atoms with E-state index >= 15 is 0 Å². The third kappa shape index (κ3) is 3.90. The van der Waals surface area contributed by atoms with Gasteiger partial charge in [0.2, 0.25) is 0 Å². The second-order valence-electron chi connectivity index (χ2n) is 2.38. The van der Waals surface area contributed by atoms with Crippen molar-refractivity contribution >= 4 is 60.5 Å². The SMILES string of the molecule is O=C(O[N+](=O)[O-])c1ccccc1[N+](=O)[O-].[Ba+2].[H-].[H-]. The molecule has 0 saturated heterocycles. The Labute approximate surface area is 132 Å². The molecule has 0 aliphatic rings. The number of nitro benzene ring substituents is 1. The van der Waals surface area contributed by atoms with Crippen molar-refractivity contribution in [2.75, 3.05) is 0 Å². The Hall–Kier alpha value is -0.939. The molecule has 0 bridgehead atoms. The normalized spacial score (nSPS) is 8.75. The first-order valence-corrected chi connectivity index (χ1v) is 3.62. The monoisotopic (exact) mass is 352 g/mol. The quantitative estimate of drug-likeness (QED) is 0.452. The fraction of sp³-hybridized carbons (Fsp3) is 0. The van der Waals surface area contributed by atoms with Crippen molar-refractivity contribution in [2.45, 2.75) is 0 Å². The maximum Gasteiger partial charge on any atom is 2.00 e. The van der Waals surface area contributed by atoms with Crippen molar-refractivity contribution in [3.8, 4) is 0 Å². The zero-order valence-corrected chi connectivity index (χ0v) is 12.3. The number of para-hydroxylation sites is 1. The van der Waals surface area contributed by atoms with Crippen molar-refractivity contribution in [1.82, 2.24) is 0 Å². The predicted molar refractivity (Wildman–Crippen MR) is 53.5 cm³/mol. The van der Waals surface area contributed by atoms with Crippen LogP contribution in [0.1, 0.15) is 13.2 Å².